The first-order chi connectivity index (χ1) is 8.58. The molecule has 0 aromatic heterocycles. The number of hydrogen-bond donors (Lipinski definition) is 1. The van der Waals surface area contributed by atoms with Crippen LogP contribution in [-0.4, -0.2) is 49.2 Å². The van der Waals surface area contributed by atoms with Gasteiger partial charge in [0.05, 0.1) is 19.1 Å². The van der Waals surface area contributed by atoms with Crippen molar-refractivity contribution < 1.29 is 9.53 Å². The summed E-state index contributed by atoms with van der Waals surface area (Å²) in [5, 5.41) is 3.28. The van der Waals surface area contributed by atoms with Crippen LogP contribution in [0.25, 0.3) is 0 Å². The Labute approximate surface area is 110 Å². The van der Waals surface area contributed by atoms with Gasteiger partial charge in [0, 0.05) is 25.7 Å². The zero-order chi connectivity index (χ0) is 13.1. The summed E-state index contributed by atoms with van der Waals surface area (Å²) in [6, 6.07) is 0.366. The van der Waals surface area contributed by atoms with E-state index in [1.165, 1.54) is 6.42 Å². The lowest BCUT2D eigenvalue weighted by Crippen LogP contribution is -2.50. The number of rotatable bonds is 2. The minimum atomic E-state index is 0.0611. The number of nitrogens with one attached hydrogen (secondary N) is 1. The molecule has 2 fully saturated rings. The second-order valence-corrected chi connectivity index (χ2v) is 6.01. The van der Waals surface area contributed by atoms with Gasteiger partial charge in [-0.1, -0.05) is 13.8 Å². The zero-order valence-electron chi connectivity index (χ0n) is 11.8. The summed E-state index contributed by atoms with van der Waals surface area (Å²) in [6.45, 7) is 10.00. The molecule has 2 aliphatic rings. The van der Waals surface area contributed by atoms with E-state index in [9.17, 15) is 4.79 Å². The Morgan fingerprint density at radius 3 is 2.83 bits per heavy atom. The van der Waals surface area contributed by atoms with E-state index < -0.39 is 0 Å². The largest absolute Gasteiger partial charge is 0.375 e. The second-order valence-electron chi connectivity index (χ2n) is 6.01. The number of ether oxygens (including phenoxy) is 1. The molecule has 4 nitrogen and oxygen atoms in total. The minimum absolute atomic E-state index is 0.0611. The van der Waals surface area contributed by atoms with Crippen molar-refractivity contribution in [2.75, 3.05) is 26.2 Å². The molecule has 1 amide bonds. The van der Waals surface area contributed by atoms with Crippen molar-refractivity contribution in [3.63, 3.8) is 0 Å². The summed E-state index contributed by atoms with van der Waals surface area (Å²) < 4.78 is 5.62. The number of nitrogens with zero attached hydrogens (tertiary/aromatic N) is 1. The third kappa shape index (κ3) is 3.23. The fourth-order valence-corrected chi connectivity index (χ4v) is 3.11. The molecule has 0 saturated carbocycles. The molecular formula is C14H26N2O2. The van der Waals surface area contributed by atoms with E-state index >= 15 is 0 Å². The van der Waals surface area contributed by atoms with Crippen LogP contribution in [0.15, 0.2) is 0 Å². The fourth-order valence-electron chi connectivity index (χ4n) is 3.11. The molecule has 4 atom stereocenters. The molecule has 0 aromatic carbocycles. The van der Waals surface area contributed by atoms with Gasteiger partial charge in [0.2, 0.25) is 5.91 Å². The molecule has 0 bridgehead atoms. The summed E-state index contributed by atoms with van der Waals surface area (Å²) in [7, 11) is 0. The highest BCUT2D eigenvalue weighted by Crippen LogP contribution is 2.27. The van der Waals surface area contributed by atoms with Crippen LogP contribution in [0, 0.1) is 11.8 Å². The number of hydrogen-bond acceptors (Lipinski definition) is 3. The normalized spacial score (nSPS) is 37.6. The third-order valence-electron chi connectivity index (χ3n) is 4.32. The summed E-state index contributed by atoms with van der Waals surface area (Å²) in [5.74, 6) is 1.48. The van der Waals surface area contributed by atoms with Crippen molar-refractivity contribution in [3.05, 3.63) is 0 Å². The van der Waals surface area contributed by atoms with Crippen LogP contribution in [0.5, 0.6) is 0 Å². The number of carbonyl (C=O) groups is 1. The minimum Gasteiger partial charge on any atom is -0.375 e. The highest BCUT2D eigenvalue weighted by Gasteiger charge is 2.32. The molecule has 0 radical (unpaired) electrons. The van der Waals surface area contributed by atoms with E-state index in [0.29, 0.717) is 24.3 Å². The van der Waals surface area contributed by atoms with Crippen molar-refractivity contribution >= 4 is 5.91 Å². The van der Waals surface area contributed by atoms with Crippen molar-refractivity contribution in [2.45, 2.75) is 45.8 Å². The van der Waals surface area contributed by atoms with Crippen LogP contribution < -0.4 is 5.32 Å². The van der Waals surface area contributed by atoms with Gasteiger partial charge in [0.15, 0.2) is 0 Å². The van der Waals surface area contributed by atoms with Gasteiger partial charge >= 0.3 is 0 Å². The van der Waals surface area contributed by atoms with Crippen molar-refractivity contribution in [1.82, 2.24) is 10.2 Å². The van der Waals surface area contributed by atoms with Gasteiger partial charge < -0.3 is 15.0 Å². The maximum atomic E-state index is 12.4. The smallest absolute Gasteiger partial charge is 0.225 e. The van der Waals surface area contributed by atoms with E-state index in [1.807, 2.05) is 0 Å². The first kappa shape index (κ1) is 13.8. The predicted octanol–water partition coefficient (Wildman–Crippen LogP) is 1.26. The maximum Gasteiger partial charge on any atom is 0.225 e. The molecular weight excluding hydrogens is 228 g/mol. The summed E-state index contributed by atoms with van der Waals surface area (Å²) in [6.07, 6.45) is 1.81. The number of likely N-dealkylation sites (tertiary alicyclic amines) is 1. The molecule has 1 N–H and O–H groups in total. The molecule has 2 aliphatic heterocycles. The number of amides is 1. The van der Waals surface area contributed by atoms with Crippen LogP contribution in [-0.2, 0) is 9.53 Å². The Balaban J connectivity index is 1.90. The Hall–Kier alpha value is -0.610. The molecule has 4 heteroatoms. The molecule has 0 aromatic rings. The van der Waals surface area contributed by atoms with Gasteiger partial charge in [-0.05, 0) is 25.2 Å². The highest BCUT2D eigenvalue weighted by molar-refractivity contribution is 5.77. The van der Waals surface area contributed by atoms with Crippen LogP contribution in [0.3, 0.4) is 0 Å². The number of piperidine rings is 1. The first-order valence-corrected chi connectivity index (χ1v) is 7.19. The third-order valence-corrected chi connectivity index (χ3v) is 4.32. The topological polar surface area (TPSA) is 41.6 Å². The summed E-state index contributed by atoms with van der Waals surface area (Å²) >= 11 is 0. The molecule has 2 saturated heterocycles. The zero-order valence-corrected chi connectivity index (χ0v) is 11.8. The van der Waals surface area contributed by atoms with Crippen molar-refractivity contribution in [1.29, 1.82) is 0 Å². The monoisotopic (exact) mass is 254 g/mol. The average Bonchev–Trinajstić information content (AvgIpc) is 2.35. The van der Waals surface area contributed by atoms with Crippen LogP contribution in [0.2, 0.25) is 0 Å². The molecule has 2 rings (SSSR count). The van der Waals surface area contributed by atoms with E-state index in [-0.39, 0.29) is 12.0 Å². The van der Waals surface area contributed by atoms with E-state index in [2.05, 4.69) is 31.0 Å². The summed E-state index contributed by atoms with van der Waals surface area (Å²) in [5.41, 5.74) is 0. The summed E-state index contributed by atoms with van der Waals surface area (Å²) in [4.78, 5) is 14.5. The Morgan fingerprint density at radius 1 is 1.39 bits per heavy atom. The predicted molar refractivity (Wildman–Crippen MR) is 71.3 cm³/mol. The van der Waals surface area contributed by atoms with Crippen LogP contribution in [0.1, 0.15) is 33.6 Å². The van der Waals surface area contributed by atoms with Gasteiger partial charge in [0.25, 0.3) is 0 Å². The Bertz CT molecular complexity index is 290. The van der Waals surface area contributed by atoms with Crippen LogP contribution in [0.4, 0.5) is 0 Å². The van der Waals surface area contributed by atoms with E-state index in [4.69, 9.17) is 4.74 Å². The van der Waals surface area contributed by atoms with Gasteiger partial charge in [-0.15, -0.1) is 0 Å². The lowest BCUT2D eigenvalue weighted by atomic mass is 9.85. The highest BCUT2D eigenvalue weighted by atomic mass is 16.5. The second kappa shape index (κ2) is 6.02. The lowest BCUT2D eigenvalue weighted by Gasteiger charge is -2.41. The van der Waals surface area contributed by atoms with E-state index in [0.717, 1.165) is 26.2 Å². The van der Waals surface area contributed by atoms with Gasteiger partial charge in [-0.2, -0.15) is 0 Å². The first-order valence-electron chi connectivity index (χ1n) is 7.19. The quantitative estimate of drug-likeness (QED) is 0.806. The fraction of sp³-hybridized carbons (Fsp3) is 0.929. The SMILES string of the molecule is CC1CC(C)C(C)N(C(=O)CC2CNCCO2)C1. The molecule has 104 valence electrons. The molecule has 0 spiro atoms. The molecule has 2 heterocycles. The maximum absolute atomic E-state index is 12.4. The van der Waals surface area contributed by atoms with Gasteiger partial charge in [-0.3, -0.25) is 4.79 Å². The Morgan fingerprint density at radius 2 is 2.17 bits per heavy atom. The van der Waals surface area contributed by atoms with Gasteiger partial charge in [-0.25, -0.2) is 0 Å². The Kier molecular flexibility index (Phi) is 4.62. The van der Waals surface area contributed by atoms with Crippen LogP contribution >= 0.6 is 0 Å². The van der Waals surface area contributed by atoms with Gasteiger partial charge in [0.1, 0.15) is 0 Å². The molecule has 0 aliphatic carbocycles. The van der Waals surface area contributed by atoms with E-state index in [1.54, 1.807) is 0 Å². The van der Waals surface area contributed by atoms with Crippen molar-refractivity contribution in [3.8, 4) is 0 Å². The lowest BCUT2D eigenvalue weighted by molar-refractivity contribution is -0.140. The molecule has 18 heavy (non-hydrogen) atoms. The van der Waals surface area contributed by atoms with Crippen molar-refractivity contribution in [2.24, 2.45) is 11.8 Å². The number of carbonyl (C=O) groups excluding carboxylic acids is 1. The molecule has 4 unspecified atom stereocenters. The number of morpholine rings is 1. The average molecular weight is 254 g/mol. The standard InChI is InChI=1S/C14H26N2O2/c1-10-6-11(2)12(3)16(9-10)14(17)7-13-8-15-4-5-18-13/h10-13,15H,4-9H2,1-3H3.